The van der Waals surface area contributed by atoms with Crippen LogP contribution in [0.3, 0.4) is 0 Å². The predicted octanol–water partition coefficient (Wildman–Crippen LogP) is 3.84. The molecular formula is C22H32N2O3. The average Bonchev–Trinajstić information content (AvgIpc) is 2.65. The van der Waals surface area contributed by atoms with E-state index in [1.807, 2.05) is 6.07 Å². The Morgan fingerprint density at radius 2 is 1.74 bits per heavy atom. The van der Waals surface area contributed by atoms with Gasteiger partial charge in [-0.05, 0) is 80.8 Å². The number of carbonyl (C=O) groups is 1. The monoisotopic (exact) mass is 372 g/mol. The number of amides is 1. The fraction of sp³-hybridized carbons (Fsp3) is 0.682. The molecule has 0 radical (unpaired) electrons. The van der Waals surface area contributed by atoms with Crippen molar-refractivity contribution in [1.29, 1.82) is 0 Å². The number of hydrogen-bond acceptors (Lipinski definition) is 4. The summed E-state index contributed by atoms with van der Waals surface area (Å²) >= 11 is 0. The molecule has 1 aromatic carbocycles. The SMILES string of the molecule is COc1ccc(OC)c(NC(=O)CNC(C)C23CC4CC(CC(C4)C2)C3)c1. The van der Waals surface area contributed by atoms with Crippen LogP contribution in [0, 0.1) is 23.2 Å². The molecule has 4 aliphatic rings. The first-order chi connectivity index (χ1) is 13.0. The Balaban J connectivity index is 1.36. The van der Waals surface area contributed by atoms with Gasteiger partial charge >= 0.3 is 0 Å². The summed E-state index contributed by atoms with van der Waals surface area (Å²) in [4.78, 5) is 12.5. The second kappa shape index (κ2) is 7.34. The van der Waals surface area contributed by atoms with E-state index < -0.39 is 0 Å². The van der Waals surface area contributed by atoms with Crippen molar-refractivity contribution in [2.75, 3.05) is 26.1 Å². The van der Waals surface area contributed by atoms with E-state index in [9.17, 15) is 4.79 Å². The van der Waals surface area contributed by atoms with Crippen LogP contribution in [-0.2, 0) is 4.79 Å². The molecule has 5 nitrogen and oxygen atoms in total. The summed E-state index contributed by atoms with van der Waals surface area (Å²) in [5.74, 6) is 4.07. The van der Waals surface area contributed by atoms with Crippen LogP contribution < -0.4 is 20.1 Å². The van der Waals surface area contributed by atoms with E-state index >= 15 is 0 Å². The Morgan fingerprint density at radius 1 is 1.11 bits per heavy atom. The van der Waals surface area contributed by atoms with Gasteiger partial charge in [-0.2, -0.15) is 0 Å². The minimum atomic E-state index is -0.0434. The zero-order valence-electron chi connectivity index (χ0n) is 16.7. The Morgan fingerprint density at radius 3 is 2.30 bits per heavy atom. The van der Waals surface area contributed by atoms with Crippen molar-refractivity contribution in [1.82, 2.24) is 5.32 Å². The molecule has 1 amide bonds. The fourth-order valence-corrected chi connectivity index (χ4v) is 6.28. The number of carbonyl (C=O) groups excluding carboxylic acids is 1. The van der Waals surface area contributed by atoms with E-state index in [0.717, 1.165) is 17.8 Å². The Kier molecular flexibility index (Phi) is 5.06. The highest BCUT2D eigenvalue weighted by Crippen LogP contribution is 2.61. The largest absolute Gasteiger partial charge is 0.497 e. The average molecular weight is 373 g/mol. The lowest BCUT2D eigenvalue weighted by molar-refractivity contribution is -0.116. The van der Waals surface area contributed by atoms with Crippen molar-refractivity contribution in [2.45, 2.75) is 51.5 Å². The van der Waals surface area contributed by atoms with Gasteiger partial charge in [0, 0.05) is 12.1 Å². The number of benzene rings is 1. The molecule has 5 rings (SSSR count). The van der Waals surface area contributed by atoms with Gasteiger partial charge in [0.25, 0.3) is 0 Å². The Bertz CT molecular complexity index is 668. The van der Waals surface area contributed by atoms with Gasteiger partial charge in [0.1, 0.15) is 11.5 Å². The quantitative estimate of drug-likeness (QED) is 0.763. The first-order valence-corrected chi connectivity index (χ1v) is 10.3. The van der Waals surface area contributed by atoms with Gasteiger partial charge in [-0.3, -0.25) is 4.79 Å². The fourth-order valence-electron chi connectivity index (χ4n) is 6.28. The van der Waals surface area contributed by atoms with E-state index in [1.54, 1.807) is 26.4 Å². The van der Waals surface area contributed by atoms with Gasteiger partial charge in [0.15, 0.2) is 0 Å². The Labute approximate surface area is 162 Å². The van der Waals surface area contributed by atoms with E-state index in [1.165, 1.54) is 38.5 Å². The molecule has 4 aliphatic carbocycles. The first kappa shape index (κ1) is 18.6. The third-order valence-electron chi connectivity index (χ3n) is 7.25. The molecule has 148 valence electrons. The third kappa shape index (κ3) is 3.66. The van der Waals surface area contributed by atoms with Gasteiger partial charge in [0.05, 0.1) is 26.5 Å². The van der Waals surface area contributed by atoms with Crippen molar-refractivity contribution in [3.63, 3.8) is 0 Å². The molecule has 0 saturated heterocycles. The van der Waals surface area contributed by atoms with Crippen LogP contribution in [0.5, 0.6) is 11.5 Å². The number of rotatable bonds is 7. The molecule has 2 N–H and O–H groups in total. The summed E-state index contributed by atoms with van der Waals surface area (Å²) in [6, 6.07) is 5.80. The molecule has 1 unspecified atom stereocenters. The molecule has 4 saturated carbocycles. The molecule has 0 spiro atoms. The van der Waals surface area contributed by atoms with Gasteiger partial charge in [-0.25, -0.2) is 0 Å². The van der Waals surface area contributed by atoms with Gasteiger partial charge in [0.2, 0.25) is 5.91 Å². The number of ether oxygens (including phenoxy) is 2. The smallest absolute Gasteiger partial charge is 0.238 e. The zero-order valence-corrected chi connectivity index (χ0v) is 16.7. The second-order valence-corrected chi connectivity index (χ2v) is 9.00. The molecule has 5 heteroatoms. The van der Waals surface area contributed by atoms with Crippen LogP contribution in [0.2, 0.25) is 0 Å². The van der Waals surface area contributed by atoms with Gasteiger partial charge < -0.3 is 20.1 Å². The Hall–Kier alpha value is -1.75. The maximum Gasteiger partial charge on any atom is 0.238 e. The molecule has 27 heavy (non-hydrogen) atoms. The van der Waals surface area contributed by atoms with Crippen LogP contribution in [0.25, 0.3) is 0 Å². The highest BCUT2D eigenvalue weighted by Gasteiger charge is 2.52. The summed E-state index contributed by atoms with van der Waals surface area (Å²) < 4.78 is 10.6. The molecule has 0 aromatic heterocycles. The summed E-state index contributed by atoms with van der Waals surface area (Å²) in [6.45, 7) is 2.61. The van der Waals surface area contributed by atoms with Crippen LogP contribution in [0.4, 0.5) is 5.69 Å². The summed E-state index contributed by atoms with van der Waals surface area (Å²) in [7, 11) is 3.22. The highest BCUT2D eigenvalue weighted by molar-refractivity contribution is 5.94. The van der Waals surface area contributed by atoms with Crippen molar-refractivity contribution in [3.8, 4) is 11.5 Å². The normalized spacial score (nSPS) is 32.2. The lowest BCUT2D eigenvalue weighted by atomic mass is 9.48. The molecule has 1 aromatic rings. The first-order valence-electron chi connectivity index (χ1n) is 10.3. The van der Waals surface area contributed by atoms with Crippen LogP contribution in [-0.4, -0.2) is 32.7 Å². The molecule has 1 atom stereocenters. The van der Waals surface area contributed by atoms with Crippen LogP contribution >= 0.6 is 0 Å². The van der Waals surface area contributed by atoms with E-state index in [-0.39, 0.29) is 5.91 Å². The molecule has 4 bridgehead atoms. The third-order valence-corrected chi connectivity index (χ3v) is 7.25. The lowest BCUT2D eigenvalue weighted by Gasteiger charge is -2.59. The molecule has 0 heterocycles. The minimum absolute atomic E-state index is 0.0434. The van der Waals surface area contributed by atoms with Crippen molar-refractivity contribution < 1.29 is 14.3 Å². The van der Waals surface area contributed by atoms with E-state index in [0.29, 0.717) is 35.2 Å². The van der Waals surface area contributed by atoms with Gasteiger partial charge in [-0.1, -0.05) is 0 Å². The zero-order chi connectivity index (χ0) is 19.0. The van der Waals surface area contributed by atoms with Crippen LogP contribution in [0.1, 0.15) is 45.4 Å². The predicted molar refractivity (Wildman–Crippen MR) is 106 cm³/mol. The molecular weight excluding hydrogens is 340 g/mol. The van der Waals surface area contributed by atoms with E-state index in [4.69, 9.17) is 9.47 Å². The number of nitrogens with one attached hydrogen (secondary N) is 2. The maximum absolute atomic E-state index is 12.5. The maximum atomic E-state index is 12.5. The number of hydrogen-bond donors (Lipinski definition) is 2. The lowest BCUT2D eigenvalue weighted by Crippen LogP contribution is -2.55. The highest BCUT2D eigenvalue weighted by atomic mass is 16.5. The van der Waals surface area contributed by atoms with Crippen molar-refractivity contribution in [3.05, 3.63) is 18.2 Å². The van der Waals surface area contributed by atoms with Gasteiger partial charge in [-0.15, -0.1) is 0 Å². The summed E-state index contributed by atoms with van der Waals surface area (Å²) in [6.07, 6.45) is 8.38. The second-order valence-electron chi connectivity index (χ2n) is 9.00. The number of anilines is 1. The topological polar surface area (TPSA) is 59.6 Å². The van der Waals surface area contributed by atoms with Crippen molar-refractivity contribution in [2.24, 2.45) is 23.2 Å². The van der Waals surface area contributed by atoms with Crippen molar-refractivity contribution >= 4 is 11.6 Å². The minimum Gasteiger partial charge on any atom is -0.497 e. The number of methoxy groups -OCH3 is 2. The molecule has 4 fully saturated rings. The van der Waals surface area contributed by atoms with E-state index in [2.05, 4.69) is 17.6 Å². The standard InChI is InChI=1S/C22H32N2O3/c1-14(22-10-15-6-16(11-22)8-17(7-15)12-22)23-13-21(25)24-19-9-18(26-2)4-5-20(19)27-3/h4-5,9,14-17,23H,6-8,10-13H2,1-3H3,(H,24,25). The summed E-state index contributed by atoms with van der Waals surface area (Å²) in [5.41, 5.74) is 1.05. The molecule has 0 aliphatic heterocycles. The summed E-state index contributed by atoms with van der Waals surface area (Å²) in [5, 5.41) is 6.50. The van der Waals surface area contributed by atoms with Crippen LogP contribution in [0.15, 0.2) is 18.2 Å².